The third kappa shape index (κ3) is 1.20. The summed E-state index contributed by atoms with van der Waals surface area (Å²) >= 11 is 0. The largest absolute Gasteiger partial charge is 0.397 e. The van der Waals surface area contributed by atoms with Crippen molar-refractivity contribution in [1.82, 2.24) is 0 Å². The predicted molar refractivity (Wildman–Crippen MR) is 52.4 cm³/mol. The minimum absolute atomic E-state index is 0.432. The molecule has 1 aromatic rings. The molecule has 13 heavy (non-hydrogen) atoms. The summed E-state index contributed by atoms with van der Waals surface area (Å²) in [6, 6.07) is 8.07. The fourth-order valence-electron chi connectivity index (χ4n) is 1.81. The van der Waals surface area contributed by atoms with Gasteiger partial charge in [-0.05, 0) is 18.1 Å². The van der Waals surface area contributed by atoms with Crippen LogP contribution in [0.2, 0.25) is 0 Å². The second kappa shape index (κ2) is 2.98. The number of anilines is 2. The first-order valence-corrected chi connectivity index (χ1v) is 4.32. The Bertz CT molecular complexity index is 365. The molecule has 2 N–H and O–H groups in total. The molecule has 3 heteroatoms. The third-order valence-electron chi connectivity index (χ3n) is 2.38. The van der Waals surface area contributed by atoms with Gasteiger partial charge in [0.1, 0.15) is 6.54 Å². The van der Waals surface area contributed by atoms with Gasteiger partial charge in [0, 0.05) is 6.54 Å². The number of benzene rings is 1. The topological polar surface area (TPSA) is 53.0 Å². The summed E-state index contributed by atoms with van der Waals surface area (Å²) in [7, 11) is 0. The molecular weight excluding hydrogens is 162 g/mol. The average molecular weight is 173 g/mol. The van der Waals surface area contributed by atoms with Crippen molar-refractivity contribution in [3.63, 3.8) is 0 Å². The molecule has 0 aromatic heterocycles. The Morgan fingerprint density at radius 1 is 1.54 bits per heavy atom. The van der Waals surface area contributed by atoms with E-state index in [-0.39, 0.29) is 0 Å². The highest BCUT2D eigenvalue weighted by atomic mass is 15.2. The van der Waals surface area contributed by atoms with Gasteiger partial charge in [-0.2, -0.15) is 5.26 Å². The van der Waals surface area contributed by atoms with Crippen molar-refractivity contribution in [2.75, 3.05) is 23.7 Å². The summed E-state index contributed by atoms with van der Waals surface area (Å²) < 4.78 is 0. The van der Waals surface area contributed by atoms with E-state index in [1.807, 2.05) is 17.0 Å². The van der Waals surface area contributed by atoms with Gasteiger partial charge in [0.15, 0.2) is 0 Å². The number of nitrogen functional groups attached to an aromatic ring is 1. The van der Waals surface area contributed by atoms with E-state index < -0.39 is 0 Å². The maximum atomic E-state index is 8.61. The fraction of sp³-hybridized carbons (Fsp3) is 0.300. The van der Waals surface area contributed by atoms with Gasteiger partial charge in [-0.1, -0.05) is 12.1 Å². The number of nitriles is 1. The molecule has 2 rings (SSSR count). The SMILES string of the molecule is N#CCN1CCc2cccc(N)c21. The lowest BCUT2D eigenvalue weighted by molar-refractivity contribution is 0.909. The molecule has 0 saturated carbocycles. The highest BCUT2D eigenvalue weighted by Gasteiger charge is 2.20. The summed E-state index contributed by atoms with van der Waals surface area (Å²) in [5.74, 6) is 0. The second-order valence-corrected chi connectivity index (χ2v) is 3.18. The Balaban J connectivity index is 2.41. The maximum absolute atomic E-state index is 8.61. The van der Waals surface area contributed by atoms with Gasteiger partial charge < -0.3 is 10.6 Å². The number of fused-ring (bicyclic) bond motifs is 1. The van der Waals surface area contributed by atoms with Crippen molar-refractivity contribution < 1.29 is 0 Å². The lowest BCUT2D eigenvalue weighted by atomic mass is 10.1. The van der Waals surface area contributed by atoms with Gasteiger partial charge in [0.2, 0.25) is 0 Å². The minimum atomic E-state index is 0.432. The van der Waals surface area contributed by atoms with Gasteiger partial charge in [-0.3, -0.25) is 0 Å². The predicted octanol–water partition coefficient (Wildman–Crippen LogP) is 1.15. The number of nitrogens with two attached hydrogens (primary N) is 1. The Kier molecular flexibility index (Phi) is 1.82. The molecule has 66 valence electrons. The van der Waals surface area contributed by atoms with Crippen LogP contribution in [-0.2, 0) is 6.42 Å². The molecule has 1 aromatic carbocycles. The van der Waals surface area contributed by atoms with E-state index in [0.717, 1.165) is 24.3 Å². The molecule has 3 nitrogen and oxygen atoms in total. The number of hydrogen-bond acceptors (Lipinski definition) is 3. The first kappa shape index (κ1) is 7.93. The Labute approximate surface area is 77.4 Å². The molecule has 0 aliphatic carbocycles. The van der Waals surface area contributed by atoms with E-state index in [9.17, 15) is 0 Å². The van der Waals surface area contributed by atoms with Crippen LogP contribution in [0.5, 0.6) is 0 Å². The number of nitrogens with zero attached hydrogens (tertiary/aromatic N) is 2. The van der Waals surface area contributed by atoms with Gasteiger partial charge in [0.25, 0.3) is 0 Å². The van der Waals surface area contributed by atoms with Crippen LogP contribution >= 0.6 is 0 Å². The lowest BCUT2D eigenvalue weighted by Crippen LogP contribution is -2.21. The zero-order valence-electron chi connectivity index (χ0n) is 7.33. The van der Waals surface area contributed by atoms with Gasteiger partial charge in [0.05, 0.1) is 17.4 Å². The highest BCUT2D eigenvalue weighted by molar-refractivity contribution is 5.74. The Morgan fingerprint density at radius 3 is 3.15 bits per heavy atom. The van der Waals surface area contributed by atoms with Crippen molar-refractivity contribution >= 4 is 11.4 Å². The van der Waals surface area contributed by atoms with Gasteiger partial charge >= 0.3 is 0 Å². The number of hydrogen-bond donors (Lipinski definition) is 1. The second-order valence-electron chi connectivity index (χ2n) is 3.18. The molecule has 1 heterocycles. The molecule has 0 spiro atoms. The van der Waals surface area contributed by atoms with Crippen LogP contribution in [0.25, 0.3) is 0 Å². The van der Waals surface area contributed by atoms with Crippen LogP contribution in [0.3, 0.4) is 0 Å². The highest BCUT2D eigenvalue weighted by Crippen LogP contribution is 2.32. The standard InChI is InChI=1S/C10H11N3/c11-5-7-13-6-4-8-2-1-3-9(12)10(8)13/h1-3H,4,6-7,12H2. The maximum Gasteiger partial charge on any atom is 0.105 e. The molecule has 0 amide bonds. The van der Waals surface area contributed by atoms with Gasteiger partial charge in [-0.15, -0.1) is 0 Å². The van der Waals surface area contributed by atoms with Crippen LogP contribution in [0.1, 0.15) is 5.56 Å². The smallest absolute Gasteiger partial charge is 0.105 e. The van der Waals surface area contributed by atoms with E-state index in [1.54, 1.807) is 0 Å². The molecule has 0 radical (unpaired) electrons. The van der Waals surface area contributed by atoms with E-state index in [0.29, 0.717) is 6.54 Å². The first-order chi connectivity index (χ1) is 6.33. The lowest BCUT2D eigenvalue weighted by Gasteiger charge is -2.16. The van der Waals surface area contributed by atoms with Crippen LogP contribution in [-0.4, -0.2) is 13.1 Å². The minimum Gasteiger partial charge on any atom is -0.397 e. The molecule has 1 aliphatic rings. The summed E-state index contributed by atoms with van der Waals surface area (Å²) in [5.41, 5.74) is 8.94. The molecule has 0 unspecified atom stereocenters. The average Bonchev–Trinajstić information content (AvgIpc) is 2.51. The zero-order valence-corrected chi connectivity index (χ0v) is 7.33. The van der Waals surface area contributed by atoms with E-state index in [1.165, 1.54) is 5.56 Å². The summed E-state index contributed by atoms with van der Waals surface area (Å²) in [4.78, 5) is 2.03. The van der Waals surface area contributed by atoms with Crippen LogP contribution < -0.4 is 10.6 Å². The van der Waals surface area contributed by atoms with Crippen molar-refractivity contribution in [2.24, 2.45) is 0 Å². The van der Waals surface area contributed by atoms with Crippen LogP contribution in [0.4, 0.5) is 11.4 Å². The molecule has 1 aliphatic heterocycles. The Hall–Kier alpha value is -1.69. The molecule has 0 saturated heterocycles. The monoisotopic (exact) mass is 173 g/mol. The summed E-state index contributed by atoms with van der Waals surface area (Å²) in [6.45, 7) is 1.35. The summed E-state index contributed by atoms with van der Waals surface area (Å²) in [6.07, 6.45) is 1.00. The molecule has 0 atom stereocenters. The summed E-state index contributed by atoms with van der Waals surface area (Å²) in [5, 5.41) is 8.61. The van der Waals surface area contributed by atoms with Crippen LogP contribution in [0.15, 0.2) is 18.2 Å². The van der Waals surface area contributed by atoms with Crippen molar-refractivity contribution in [3.8, 4) is 6.07 Å². The zero-order chi connectivity index (χ0) is 9.26. The molecular formula is C10H11N3. The van der Waals surface area contributed by atoms with Crippen molar-refractivity contribution in [3.05, 3.63) is 23.8 Å². The third-order valence-corrected chi connectivity index (χ3v) is 2.38. The van der Waals surface area contributed by atoms with E-state index >= 15 is 0 Å². The quantitative estimate of drug-likeness (QED) is 0.512. The van der Waals surface area contributed by atoms with E-state index in [4.69, 9.17) is 11.0 Å². The molecule has 0 bridgehead atoms. The fourth-order valence-corrected chi connectivity index (χ4v) is 1.81. The number of rotatable bonds is 1. The molecule has 0 fully saturated rings. The Morgan fingerprint density at radius 2 is 2.38 bits per heavy atom. The van der Waals surface area contributed by atoms with Crippen LogP contribution in [0, 0.1) is 11.3 Å². The van der Waals surface area contributed by atoms with Crippen molar-refractivity contribution in [1.29, 1.82) is 5.26 Å². The van der Waals surface area contributed by atoms with Crippen molar-refractivity contribution in [2.45, 2.75) is 6.42 Å². The van der Waals surface area contributed by atoms with Gasteiger partial charge in [-0.25, -0.2) is 0 Å². The first-order valence-electron chi connectivity index (χ1n) is 4.32. The van der Waals surface area contributed by atoms with E-state index in [2.05, 4.69) is 12.1 Å². The number of para-hydroxylation sites is 1. The normalized spacial score (nSPS) is 13.9.